The van der Waals surface area contributed by atoms with Crippen LogP contribution >= 0.6 is 62.2 Å². The number of amides is 1. The number of methoxy groups -OCH3 is 1. The van der Waals surface area contributed by atoms with Crippen LogP contribution in [0.2, 0.25) is 10.0 Å². The molecule has 2 aromatic heterocycles. The fourth-order valence-electron chi connectivity index (χ4n) is 4.60. The van der Waals surface area contributed by atoms with Crippen LogP contribution in [0.1, 0.15) is 27.7 Å². The largest absolute Gasteiger partial charge is 0.503 e. The molecule has 42 heavy (non-hydrogen) atoms. The summed E-state index contributed by atoms with van der Waals surface area (Å²) in [5, 5.41) is 21.6. The SMILES string of the molecule is COc1cccc2cc(C(=O)C3=C(O)C(=O)N(c4nnc(SCc5ccc(Cl)cc5Cl)s4)C3c3cccc(Br)c3)oc12. The van der Waals surface area contributed by atoms with Gasteiger partial charge in [0.1, 0.15) is 0 Å². The van der Waals surface area contributed by atoms with Crippen molar-refractivity contribution >= 4 is 90.0 Å². The number of para-hydroxylation sites is 1. The Balaban J connectivity index is 1.36. The number of rotatable bonds is 8. The van der Waals surface area contributed by atoms with Crippen LogP contribution in [0.15, 0.2) is 91.3 Å². The van der Waals surface area contributed by atoms with Gasteiger partial charge in [-0.15, -0.1) is 10.2 Å². The lowest BCUT2D eigenvalue weighted by Crippen LogP contribution is -2.31. The number of anilines is 1. The molecule has 1 aliphatic heterocycles. The number of carbonyl (C=O) groups is 2. The molecular formula is C29H18BrCl2N3O5S2. The Bertz CT molecular complexity index is 1910. The van der Waals surface area contributed by atoms with E-state index in [9.17, 15) is 14.7 Å². The van der Waals surface area contributed by atoms with E-state index < -0.39 is 23.5 Å². The van der Waals surface area contributed by atoms with Gasteiger partial charge in [-0.25, -0.2) is 0 Å². The summed E-state index contributed by atoms with van der Waals surface area (Å²) in [7, 11) is 1.50. The Morgan fingerprint density at radius 1 is 1.14 bits per heavy atom. The number of halogens is 3. The number of ether oxygens (including phenoxy) is 1. The average Bonchev–Trinajstić information content (AvgIpc) is 3.68. The van der Waals surface area contributed by atoms with E-state index in [1.807, 2.05) is 12.1 Å². The first-order valence-corrected chi connectivity index (χ1v) is 15.6. The molecule has 0 saturated heterocycles. The Morgan fingerprint density at radius 3 is 2.71 bits per heavy atom. The Morgan fingerprint density at radius 2 is 1.95 bits per heavy atom. The van der Waals surface area contributed by atoms with Crippen LogP contribution in [0, 0.1) is 0 Å². The van der Waals surface area contributed by atoms with E-state index in [0.717, 1.165) is 21.4 Å². The van der Waals surface area contributed by atoms with E-state index in [1.165, 1.54) is 23.8 Å². The van der Waals surface area contributed by atoms with Crippen molar-refractivity contribution in [2.45, 2.75) is 16.1 Å². The highest BCUT2D eigenvalue weighted by molar-refractivity contribution is 9.10. The molecule has 1 aliphatic rings. The highest BCUT2D eigenvalue weighted by atomic mass is 79.9. The monoisotopic (exact) mass is 701 g/mol. The summed E-state index contributed by atoms with van der Waals surface area (Å²) < 4.78 is 12.5. The molecule has 6 rings (SSSR count). The van der Waals surface area contributed by atoms with Crippen molar-refractivity contribution in [1.29, 1.82) is 0 Å². The van der Waals surface area contributed by atoms with Crippen molar-refractivity contribution in [3.8, 4) is 5.75 Å². The van der Waals surface area contributed by atoms with Crippen molar-refractivity contribution in [2.75, 3.05) is 12.0 Å². The minimum atomic E-state index is -0.992. The number of fused-ring (bicyclic) bond motifs is 1. The van der Waals surface area contributed by atoms with Crippen molar-refractivity contribution in [1.82, 2.24) is 10.2 Å². The van der Waals surface area contributed by atoms with Crippen LogP contribution in [0.25, 0.3) is 11.0 Å². The first-order valence-electron chi connectivity index (χ1n) is 12.3. The molecule has 3 aromatic carbocycles. The van der Waals surface area contributed by atoms with Gasteiger partial charge in [0.05, 0.1) is 18.7 Å². The Kier molecular flexibility index (Phi) is 8.03. The molecule has 0 radical (unpaired) electrons. The number of carbonyl (C=O) groups excluding carboxylic acids is 2. The minimum absolute atomic E-state index is 0.0425. The van der Waals surface area contributed by atoms with Gasteiger partial charge in [0.25, 0.3) is 5.91 Å². The number of aromatic nitrogens is 2. The molecule has 1 amide bonds. The summed E-state index contributed by atoms with van der Waals surface area (Å²) in [5.41, 5.74) is 1.70. The molecule has 0 aliphatic carbocycles. The standard InChI is InChI=1S/C29H18BrCl2N3O5S2/c1-39-20-7-3-5-15-11-21(40-26(15)20)24(36)22-23(14-4-2-6-17(30)10-14)35(27(38)25(22)37)28-33-34-29(42-28)41-13-16-8-9-18(31)12-19(16)32/h2-12,23,37H,13H2,1H3. The van der Waals surface area contributed by atoms with Crippen LogP contribution in [0.3, 0.4) is 0 Å². The molecule has 0 saturated carbocycles. The van der Waals surface area contributed by atoms with Gasteiger partial charge in [-0.2, -0.15) is 0 Å². The molecule has 3 heterocycles. The molecule has 1 atom stereocenters. The summed E-state index contributed by atoms with van der Waals surface area (Å²) in [5.74, 6) is -1.19. The lowest BCUT2D eigenvalue weighted by atomic mass is 9.95. The molecule has 1 N–H and O–H groups in total. The quantitative estimate of drug-likeness (QED) is 0.0976. The summed E-state index contributed by atoms with van der Waals surface area (Å²) in [4.78, 5) is 28.8. The second-order valence-electron chi connectivity index (χ2n) is 9.09. The normalized spacial score (nSPS) is 15.2. The van der Waals surface area contributed by atoms with E-state index in [-0.39, 0.29) is 16.5 Å². The molecule has 5 aromatic rings. The number of nitrogens with zero attached hydrogens (tertiary/aromatic N) is 3. The number of hydrogen-bond acceptors (Lipinski definition) is 9. The van der Waals surface area contributed by atoms with Crippen LogP contribution < -0.4 is 9.64 Å². The Hall–Kier alpha value is -3.35. The van der Waals surface area contributed by atoms with Gasteiger partial charge in [0, 0.05) is 25.7 Å². The summed E-state index contributed by atoms with van der Waals surface area (Å²) in [6.07, 6.45) is 0. The maximum Gasteiger partial charge on any atom is 0.296 e. The lowest BCUT2D eigenvalue weighted by molar-refractivity contribution is -0.117. The van der Waals surface area contributed by atoms with Gasteiger partial charge in [-0.05, 0) is 47.5 Å². The van der Waals surface area contributed by atoms with E-state index in [4.69, 9.17) is 32.4 Å². The van der Waals surface area contributed by atoms with Crippen molar-refractivity contribution < 1.29 is 23.8 Å². The number of benzene rings is 3. The topological polar surface area (TPSA) is 106 Å². The third kappa shape index (κ3) is 5.31. The van der Waals surface area contributed by atoms with E-state index in [0.29, 0.717) is 42.4 Å². The van der Waals surface area contributed by atoms with Crippen LogP contribution in [0.4, 0.5) is 5.13 Å². The number of hydrogen-bond donors (Lipinski definition) is 1. The van der Waals surface area contributed by atoms with Crippen LogP contribution in [0.5, 0.6) is 5.75 Å². The molecule has 13 heteroatoms. The van der Waals surface area contributed by atoms with E-state index >= 15 is 0 Å². The summed E-state index contributed by atoms with van der Waals surface area (Å²) >= 11 is 18.3. The second-order valence-corrected chi connectivity index (χ2v) is 13.0. The number of aliphatic hydroxyl groups excluding tert-OH is 1. The van der Waals surface area contributed by atoms with Gasteiger partial charge >= 0.3 is 0 Å². The van der Waals surface area contributed by atoms with Gasteiger partial charge in [-0.1, -0.05) is 92.6 Å². The molecular weight excluding hydrogens is 685 g/mol. The molecule has 0 spiro atoms. The van der Waals surface area contributed by atoms with Crippen molar-refractivity contribution in [3.05, 3.63) is 109 Å². The summed E-state index contributed by atoms with van der Waals surface area (Å²) in [6, 6.07) is 18.2. The highest BCUT2D eigenvalue weighted by Crippen LogP contribution is 2.45. The smallest absolute Gasteiger partial charge is 0.296 e. The number of Topliss-reactive ketones (excluding diaryl/α,β-unsaturated/α-hetero) is 1. The van der Waals surface area contributed by atoms with Crippen molar-refractivity contribution in [2.24, 2.45) is 0 Å². The lowest BCUT2D eigenvalue weighted by Gasteiger charge is -2.24. The number of ketones is 1. The van der Waals surface area contributed by atoms with Crippen LogP contribution in [-0.4, -0.2) is 34.1 Å². The zero-order chi connectivity index (χ0) is 29.5. The predicted molar refractivity (Wildman–Crippen MR) is 167 cm³/mol. The molecule has 212 valence electrons. The first-order chi connectivity index (χ1) is 20.2. The van der Waals surface area contributed by atoms with Gasteiger partial charge in [-0.3, -0.25) is 14.5 Å². The zero-order valence-electron chi connectivity index (χ0n) is 21.5. The molecule has 0 bridgehead atoms. The first kappa shape index (κ1) is 28.8. The van der Waals surface area contributed by atoms with Crippen molar-refractivity contribution in [3.63, 3.8) is 0 Å². The highest BCUT2D eigenvalue weighted by Gasteiger charge is 2.47. The number of furan rings is 1. The van der Waals surface area contributed by atoms with E-state index in [2.05, 4.69) is 26.1 Å². The fraction of sp³-hybridized carbons (Fsp3) is 0.103. The average molecular weight is 703 g/mol. The Labute approximate surface area is 266 Å². The summed E-state index contributed by atoms with van der Waals surface area (Å²) in [6.45, 7) is 0. The maximum atomic E-state index is 13.9. The van der Waals surface area contributed by atoms with Crippen LogP contribution in [-0.2, 0) is 10.5 Å². The van der Waals surface area contributed by atoms with Gasteiger partial charge in [0.2, 0.25) is 10.9 Å². The number of thioether (sulfide) groups is 1. The molecule has 1 unspecified atom stereocenters. The van der Waals surface area contributed by atoms with Gasteiger partial charge in [0.15, 0.2) is 27.2 Å². The fourth-order valence-corrected chi connectivity index (χ4v) is 7.45. The number of aliphatic hydroxyl groups is 1. The maximum absolute atomic E-state index is 13.9. The minimum Gasteiger partial charge on any atom is -0.503 e. The van der Waals surface area contributed by atoms with E-state index in [1.54, 1.807) is 54.6 Å². The third-order valence-electron chi connectivity index (χ3n) is 6.54. The van der Waals surface area contributed by atoms with Gasteiger partial charge < -0.3 is 14.3 Å². The molecule has 8 nitrogen and oxygen atoms in total. The molecule has 0 fully saturated rings. The second kappa shape index (κ2) is 11.7. The predicted octanol–water partition coefficient (Wildman–Crippen LogP) is 8.44. The zero-order valence-corrected chi connectivity index (χ0v) is 26.2. The third-order valence-corrected chi connectivity index (χ3v) is 9.72.